The Morgan fingerprint density at radius 2 is 2.11 bits per heavy atom. The maximum Gasteiger partial charge on any atom is 0.310 e. The van der Waals surface area contributed by atoms with E-state index in [-0.39, 0.29) is 24.2 Å². The lowest BCUT2D eigenvalue weighted by atomic mass is 9.98. The Hall–Kier alpha value is -3.09. The fraction of sp³-hybridized carbons (Fsp3) is 0.381. The van der Waals surface area contributed by atoms with Gasteiger partial charge in [0.2, 0.25) is 11.7 Å². The van der Waals surface area contributed by atoms with E-state index in [0.717, 1.165) is 23.8 Å². The normalized spacial score (nSPS) is 17.0. The number of esters is 1. The number of fused-ring (bicyclic) bond motifs is 1. The summed E-state index contributed by atoms with van der Waals surface area (Å²) in [7, 11) is 0. The molecule has 1 fully saturated rings. The van der Waals surface area contributed by atoms with Crippen LogP contribution in [0.5, 0.6) is 0 Å². The number of carbonyl (C=O) groups excluding carboxylic acids is 2. The van der Waals surface area contributed by atoms with Crippen LogP contribution in [0.1, 0.15) is 25.5 Å². The minimum atomic E-state index is -0.249. The standard InChI is InChI=1S/C21H22N2O5/c1-2-26-21(25)15-7-5-9-23(13-15)20(24)12-16-11-19(28-22-16)18-10-14-6-3-4-8-17(14)27-18/h3-4,6,8,10-11,15H,2,5,7,9,12-13H2,1H3. The molecule has 7 nitrogen and oxygen atoms in total. The van der Waals surface area contributed by atoms with Gasteiger partial charge in [-0.3, -0.25) is 9.59 Å². The molecule has 4 rings (SSSR count). The summed E-state index contributed by atoms with van der Waals surface area (Å²) in [5, 5.41) is 4.98. The summed E-state index contributed by atoms with van der Waals surface area (Å²) in [5.74, 6) is 0.517. The van der Waals surface area contributed by atoms with E-state index in [0.29, 0.717) is 36.9 Å². The Morgan fingerprint density at radius 3 is 2.93 bits per heavy atom. The van der Waals surface area contributed by atoms with Gasteiger partial charge in [-0.05, 0) is 31.9 Å². The first kappa shape index (κ1) is 18.3. The number of para-hydroxylation sites is 1. The van der Waals surface area contributed by atoms with Crippen molar-refractivity contribution in [3.05, 3.63) is 42.1 Å². The summed E-state index contributed by atoms with van der Waals surface area (Å²) < 4.78 is 16.2. The second-order valence-corrected chi connectivity index (χ2v) is 6.94. The van der Waals surface area contributed by atoms with Crippen LogP contribution in [0.25, 0.3) is 22.5 Å². The predicted octanol–water partition coefficient (Wildman–Crippen LogP) is 3.43. The molecule has 0 saturated carbocycles. The van der Waals surface area contributed by atoms with Gasteiger partial charge in [-0.15, -0.1) is 0 Å². The lowest BCUT2D eigenvalue weighted by Gasteiger charge is -2.31. The second kappa shape index (κ2) is 7.88. The molecule has 0 N–H and O–H groups in total. The number of ether oxygens (including phenoxy) is 1. The molecule has 0 radical (unpaired) electrons. The topological polar surface area (TPSA) is 85.8 Å². The zero-order valence-electron chi connectivity index (χ0n) is 15.7. The molecule has 7 heteroatoms. The molecule has 1 aliphatic heterocycles. The summed E-state index contributed by atoms with van der Waals surface area (Å²) in [6.45, 7) is 3.18. The molecule has 1 atom stereocenters. The van der Waals surface area contributed by atoms with Crippen molar-refractivity contribution in [1.82, 2.24) is 10.1 Å². The molecule has 0 aliphatic carbocycles. The Kier molecular flexibility index (Phi) is 5.14. The number of hydrogen-bond acceptors (Lipinski definition) is 6. The van der Waals surface area contributed by atoms with Crippen molar-refractivity contribution in [2.45, 2.75) is 26.2 Å². The highest BCUT2D eigenvalue weighted by molar-refractivity contribution is 5.82. The molecule has 146 valence electrons. The van der Waals surface area contributed by atoms with E-state index >= 15 is 0 Å². The lowest BCUT2D eigenvalue weighted by Crippen LogP contribution is -2.43. The quantitative estimate of drug-likeness (QED) is 0.629. The van der Waals surface area contributed by atoms with Crippen LogP contribution in [0.15, 0.2) is 45.3 Å². The number of furan rings is 1. The van der Waals surface area contributed by atoms with Crippen molar-refractivity contribution in [1.29, 1.82) is 0 Å². The molecule has 28 heavy (non-hydrogen) atoms. The maximum atomic E-state index is 12.6. The molecule has 1 aliphatic rings. The average Bonchev–Trinajstić information content (AvgIpc) is 3.35. The zero-order valence-corrected chi connectivity index (χ0v) is 15.7. The van der Waals surface area contributed by atoms with Gasteiger partial charge in [-0.25, -0.2) is 0 Å². The summed E-state index contributed by atoms with van der Waals surface area (Å²) in [5.41, 5.74) is 1.31. The Bertz CT molecular complexity index is 957. The summed E-state index contributed by atoms with van der Waals surface area (Å²) in [6, 6.07) is 11.3. The fourth-order valence-electron chi connectivity index (χ4n) is 3.54. The van der Waals surface area contributed by atoms with Crippen molar-refractivity contribution >= 4 is 22.8 Å². The molecule has 0 spiro atoms. The largest absolute Gasteiger partial charge is 0.466 e. The maximum absolute atomic E-state index is 12.6. The van der Waals surface area contributed by atoms with Crippen LogP contribution in [0.4, 0.5) is 0 Å². The number of carbonyl (C=O) groups is 2. The van der Waals surface area contributed by atoms with Crippen molar-refractivity contribution in [2.75, 3.05) is 19.7 Å². The molecule has 3 heterocycles. The summed E-state index contributed by atoms with van der Waals surface area (Å²) in [4.78, 5) is 26.3. The predicted molar refractivity (Wildman–Crippen MR) is 101 cm³/mol. The number of rotatable bonds is 5. The van der Waals surface area contributed by atoms with Crippen LogP contribution in [0.2, 0.25) is 0 Å². The molecular weight excluding hydrogens is 360 g/mol. The van der Waals surface area contributed by atoms with Gasteiger partial charge in [-0.1, -0.05) is 23.4 Å². The minimum Gasteiger partial charge on any atom is -0.466 e. The van der Waals surface area contributed by atoms with Crippen molar-refractivity contribution in [3.63, 3.8) is 0 Å². The average molecular weight is 382 g/mol. The molecule has 1 unspecified atom stereocenters. The number of amides is 1. The van der Waals surface area contributed by atoms with Gasteiger partial charge < -0.3 is 18.6 Å². The lowest BCUT2D eigenvalue weighted by molar-refractivity contribution is -0.151. The molecular formula is C21H22N2O5. The number of aromatic nitrogens is 1. The van der Waals surface area contributed by atoms with E-state index in [4.69, 9.17) is 13.7 Å². The van der Waals surface area contributed by atoms with E-state index in [1.165, 1.54) is 0 Å². The Labute approximate surface area is 162 Å². The first-order valence-corrected chi connectivity index (χ1v) is 9.53. The SMILES string of the molecule is CCOC(=O)C1CCCN(C(=O)Cc2cc(-c3cc4ccccc4o3)on2)C1. The summed E-state index contributed by atoms with van der Waals surface area (Å²) in [6.07, 6.45) is 1.67. The van der Waals surface area contributed by atoms with Gasteiger partial charge in [0, 0.05) is 24.5 Å². The fourth-order valence-corrected chi connectivity index (χ4v) is 3.54. The van der Waals surface area contributed by atoms with Crippen molar-refractivity contribution < 1.29 is 23.3 Å². The van der Waals surface area contributed by atoms with Gasteiger partial charge in [0.05, 0.1) is 24.6 Å². The van der Waals surface area contributed by atoms with E-state index < -0.39 is 0 Å². The van der Waals surface area contributed by atoms with E-state index in [1.807, 2.05) is 30.3 Å². The van der Waals surface area contributed by atoms with Crippen LogP contribution in [-0.4, -0.2) is 41.6 Å². The first-order valence-electron chi connectivity index (χ1n) is 9.53. The van der Waals surface area contributed by atoms with E-state index in [1.54, 1.807) is 17.9 Å². The number of benzene rings is 1. The molecule has 2 aromatic heterocycles. The number of nitrogens with zero attached hydrogens (tertiary/aromatic N) is 2. The highest BCUT2D eigenvalue weighted by Crippen LogP contribution is 2.28. The Balaban J connectivity index is 1.42. The van der Waals surface area contributed by atoms with Gasteiger partial charge in [0.1, 0.15) is 5.58 Å². The second-order valence-electron chi connectivity index (χ2n) is 6.94. The smallest absolute Gasteiger partial charge is 0.310 e. The highest BCUT2D eigenvalue weighted by Gasteiger charge is 2.29. The highest BCUT2D eigenvalue weighted by atomic mass is 16.5. The number of likely N-dealkylation sites (tertiary alicyclic amines) is 1. The van der Waals surface area contributed by atoms with E-state index in [2.05, 4.69) is 5.16 Å². The first-order chi connectivity index (χ1) is 13.6. The third kappa shape index (κ3) is 3.78. The molecule has 1 amide bonds. The van der Waals surface area contributed by atoms with Crippen LogP contribution in [0, 0.1) is 5.92 Å². The number of piperidine rings is 1. The molecule has 0 bridgehead atoms. The molecule has 1 saturated heterocycles. The third-order valence-electron chi connectivity index (χ3n) is 4.95. The van der Waals surface area contributed by atoms with Crippen molar-refractivity contribution in [3.8, 4) is 11.5 Å². The zero-order chi connectivity index (χ0) is 19.5. The summed E-state index contributed by atoms with van der Waals surface area (Å²) >= 11 is 0. The van der Waals surface area contributed by atoms with Crippen LogP contribution >= 0.6 is 0 Å². The van der Waals surface area contributed by atoms with Gasteiger partial charge in [0.15, 0.2) is 5.76 Å². The van der Waals surface area contributed by atoms with Crippen LogP contribution in [-0.2, 0) is 20.7 Å². The Morgan fingerprint density at radius 1 is 1.25 bits per heavy atom. The molecule has 1 aromatic carbocycles. The van der Waals surface area contributed by atoms with E-state index in [9.17, 15) is 9.59 Å². The minimum absolute atomic E-state index is 0.0709. The van der Waals surface area contributed by atoms with Crippen LogP contribution < -0.4 is 0 Å². The van der Waals surface area contributed by atoms with Crippen LogP contribution in [0.3, 0.4) is 0 Å². The van der Waals surface area contributed by atoms with Gasteiger partial charge in [0.25, 0.3) is 0 Å². The third-order valence-corrected chi connectivity index (χ3v) is 4.95. The molecule has 3 aromatic rings. The van der Waals surface area contributed by atoms with Gasteiger partial charge in [-0.2, -0.15) is 0 Å². The number of hydrogen-bond donors (Lipinski definition) is 0. The van der Waals surface area contributed by atoms with Gasteiger partial charge >= 0.3 is 5.97 Å². The van der Waals surface area contributed by atoms with Crippen molar-refractivity contribution in [2.24, 2.45) is 5.92 Å². The monoisotopic (exact) mass is 382 g/mol.